The number of anilines is 1. The van der Waals surface area contributed by atoms with Gasteiger partial charge in [-0.3, -0.25) is 14.6 Å². The van der Waals surface area contributed by atoms with Crippen LogP contribution in [0.1, 0.15) is 25.2 Å². The summed E-state index contributed by atoms with van der Waals surface area (Å²) in [5, 5.41) is 8.74. The number of carbonyl (C=O) groups excluding carboxylic acids is 1. The summed E-state index contributed by atoms with van der Waals surface area (Å²) in [6.45, 7) is 7.73. The molecule has 1 fully saturated rings. The monoisotopic (exact) mass is 498 g/mol. The van der Waals surface area contributed by atoms with Crippen molar-refractivity contribution >= 4 is 45.8 Å². The Morgan fingerprint density at radius 3 is 2.68 bits per heavy atom. The van der Waals surface area contributed by atoms with E-state index in [2.05, 4.69) is 20.4 Å². The van der Waals surface area contributed by atoms with Crippen molar-refractivity contribution in [3.63, 3.8) is 0 Å². The summed E-state index contributed by atoms with van der Waals surface area (Å²) in [6.07, 6.45) is -0.149. The Labute approximate surface area is 209 Å². The molecule has 2 aliphatic heterocycles. The molecular weight excluding hydrogens is 471 g/mol. The van der Waals surface area contributed by atoms with E-state index in [1.807, 2.05) is 56.3 Å². The first-order valence-electron chi connectivity index (χ1n) is 11.6. The van der Waals surface area contributed by atoms with Crippen LogP contribution in [-0.4, -0.2) is 57.5 Å². The second-order valence-corrected chi connectivity index (χ2v) is 10.2. The van der Waals surface area contributed by atoms with Crippen LogP contribution in [0, 0.1) is 5.92 Å². The topological polar surface area (TPSA) is 73.4 Å². The van der Waals surface area contributed by atoms with E-state index in [0.717, 1.165) is 41.9 Å². The zero-order valence-corrected chi connectivity index (χ0v) is 20.8. The van der Waals surface area contributed by atoms with E-state index >= 15 is 0 Å². The predicted octanol–water partition coefficient (Wildman–Crippen LogP) is 4.15. The first kappa shape index (κ1) is 23.3. The number of hydrogen-bond donors (Lipinski definition) is 2. The number of halogens is 2. The SMILES string of the molecule is CC(C)[C@@H]1Nc2nc(nc3ccccc23)CN2CCN(Cc3ccc(Cl)c(Cl)c3)CC2NC1=O. The molecule has 3 aromatic rings. The van der Waals surface area contributed by atoms with Crippen LogP contribution >= 0.6 is 23.2 Å². The molecule has 3 heterocycles. The minimum absolute atomic E-state index is 0.0208. The van der Waals surface area contributed by atoms with Crippen LogP contribution in [0.3, 0.4) is 0 Å². The van der Waals surface area contributed by atoms with E-state index in [9.17, 15) is 4.79 Å². The first-order chi connectivity index (χ1) is 16.4. The van der Waals surface area contributed by atoms with Gasteiger partial charge in [0, 0.05) is 31.6 Å². The maximum Gasteiger partial charge on any atom is 0.244 e. The van der Waals surface area contributed by atoms with Gasteiger partial charge in [-0.1, -0.05) is 55.2 Å². The lowest BCUT2D eigenvalue weighted by Crippen LogP contribution is -2.62. The van der Waals surface area contributed by atoms with Gasteiger partial charge in [-0.25, -0.2) is 9.97 Å². The van der Waals surface area contributed by atoms with Crippen LogP contribution in [-0.2, 0) is 17.9 Å². The highest BCUT2D eigenvalue weighted by molar-refractivity contribution is 6.42. The number of carbonyl (C=O) groups is 1. The molecule has 1 aromatic heterocycles. The lowest BCUT2D eigenvalue weighted by molar-refractivity contribution is -0.125. The summed E-state index contributed by atoms with van der Waals surface area (Å²) in [7, 11) is 0. The fourth-order valence-electron chi connectivity index (χ4n) is 4.67. The van der Waals surface area contributed by atoms with E-state index in [0.29, 0.717) is 29.0 Å². The van der Waals surface area contributed by atoms with Crippen LogP contribution in [0.4, 0.5) is 5.82 Å². The molecule has 2 N–H and O–H groups in total. The molecule has 2 atom stereocenters. The number of nitrogens with one attached hydrogen (secondary N) is 2. The molecule has 0 saturated carbocycles. The molecule has 0 radical (unpaired) electrons. The molecule has 2 aromatic carbocycles. The highest BCUT2D eigenvalue weighted by Crippen LogP contribution is 2.26. The van der Waals surface area contributed by atoms with Crippen molar-refractivity contribution in [3.8, 4) is 0 Å². The lowest BCUT2D eigenvalue weighted by atomic mass is 10.0. The lowest BCUT2D eigenvalue weighted by Gasteiger charge is -2.42. The number of hydrogen-bond acceptors (Lipinski definition) is 6. The Balaban J connectivity index is 1.44. The van der Waals surface area contributed by atoms with Crippen LogP contribution in [0.25, 0.3) is 10.9 Å². The second kappa shape index (κ2) is 9.66. The fourth-order valence-corrected chi connectivity index (χ4v) is 4.99. The van der Waals surface area contributed by atoms with E-state index in [-0.39, 0.29) is 18.0 Å². The summed E-state index contributed by atoms with van der Waals surface area (Å²) >= 11 is 12.3. The minimum Gasteiger partial charge on any atom is -0.358 e. The van der Waals surface area contributed by atoms with Gasteiger partial charge in [-0.15, -0.1) is 0 Å². The van der Waals surface area contributed by atoms with Crippen molar-refractivity contribution in [2.24, 2.45) is 5.92 Å². The minimum atomic E-state index is -0.406. The van der Waals surface area contributed by atoms with Gasteiger partial charge in [0.05, 0.1) is 28.3 Å². The largest absolute Gasteiger partial charge is 0.358 e. The Kier molecular flexibility index (Phi) is 6.62. The normalized spacial score (nSPS) is 21.7. The fraction of sp³-hybridized carbons (Fsp3) is 0.400. The van der Waals surface area contributed by atoms with Gasteiger partial charge in [0.25, 0.3) is 0 Å². The third-order valence-electron chi connectivity index (χ3n) is 6.51. The molecule has 34 heavy (non-hydrogen) atoms. The van der Waals surface area contributed by atoms with Gasteiger partial charge in [0.15, 0.2) is 0 Å². The summed E-state index contributed by atoms with van der Waals surface area (Å²) in [6, 6.07) is 13.3. The van der Waals surface area contributed by atoms with E-state index in [1.54, 1.807) is 0 Å². The zero-order chi connectivity index (χ0) is 23.8. The van der Waals surface area contributed by atoms with Gasteiger partial charge in [0.1, 0.15) is 17.7 Å². The summed E-state index contributed by atoms with van der Waals surface area (Å²) < 4.78 is 0. The molecular formula is C25H28Cl2N6O. The molecule has 7 nitrogen and oxygen atoms in total. The van der Waals surface area contributed by atoms with Crippen LogP contribution < -0.4 is 10.6 Å². The predicted molar refractivity (Wildman–Crippen MR) is 136 cm³/mol. The maximum atomic E-state index is 13.4. The van der Waals surface area contributed by atoms with Crippen LogP contribution in [0.2, 0.25) is 10.0 Å². The van der Waals surface area contributed by atoms with Crippen molar-refractivity contribution in [1.82, 2.24) is 25.1 Å². The van der Waals surface area contributed by atoms with Crippen molar-refractivity contribution in [2.75, 3.05) is 25.0 Å². The van der Waals surface area contributed by atoms with Gasteiger partial charge in [0.2, 0.25) is 5.91 Å². The number of rotatable bonds is 3. The Bertz CT molecular complexity index is 1220. The van der Waals surface area contributed by atoms with Gasteiger partial charge >= 0.3 is 0 Å². The van der Waals surface area contributed by atoms with Crippen LogP contribution in [0.15, 0.2) is 42.5 Å². The molecule has 1 unspecified atom stereocenters. The second-order valence-electron chi connectivity index (χ2n) is 9.35. The third-order valence-corrected chi connectivity index (χ3v) is 7.25. The molecule has 0 spiro atoms. The highest BCUT2D eigenvalue weighted by atomic mass is 35.5. The molecule has 1 saturated heterocycles. The smallest absolute Gasteiger partial charge is 0.244 e. The molecule has 9 heteroatoms. The molecule has 2 aliphatic rings. The Hall–Kier alpha value is -2.45. The Morgan fingerprint density at radius 2 is 1.88 bits per heavy atom. The van der Waals surface area contributed by atoms with E-state index < -0.39 is 6.04 Å². The summed E-state index contributed by atoms with van der Waals surface area (Å²) in [5.41, 5.74) is 1.98. The number of para-hydroxylation sites is 1. The van der Waals surface area contributed by atoms with Crippen molar-refractivity contribution < 1.29 is 4.79 Å². The standard InChI is InChI=1S/C25H28Cl2N6O/c1-15(2)23-25(34)30-22-14-32(12-16-7-8-18(26)19(27)11-16)9-10-33(22)13-21-28-20-6-4-3-5-17(20)24(29-21)31-23/h3-8,11,15,22-23H,9-10,12-14H2,1-2H3,(H,30,34)(H,28,29,31)/t22?,23-/m0/s1. The Morgan fingerprint density at radius 1 is 1.06 bits per heavy atom. The van der Waals surface area contributed by atoms with Gasteiger partial charge in [-0.2, -0.15) is 0 Å². The first-order valence-corrected chi connectivity index (χ1v) is 12.4. The zero-order valence-electron chi connectivity index (χ0n) is 19.3. The molecule has 1 amide bonds. The van der Waals surface area contributed by atoms with Gasteiger partial charge in [-0.05, 0) is 35.7 Å². The number of nitrogens with zero attached hydrogens (tertiary/aromatic N) is 4. The number of aromatic nitrogens is 2. The molecule has 5 rings (SSSR count). The number of benzene rings is 2. The van der Waals surface area contributed by atoms with Crippen LogP contribution in [0.5, 0.6) is 0 Å². The summed E-state index contributed by atoms with van der Waals surface area (Å²) in [5.74, 6) is 1.53. The van der Waals surface area contributed by atoms with E-state index in [1.165, 1.54) is 0 Å². The van der Waals surface area contributed by atoms with Crippen molar-refractivity contribution in [2.45, 2.75) is 39.1 Å². The molecule has 2 bridgehead atoms. The average Bonchev–Trinajstić information content (AvgIpc) is 2.80. The highest BCUT2D eigenvalue weighted by Gasteiger charge is 2.33. The van der Waals surface area contributed by atoms with Crippen molar-refractivity contribution in [3.05, 3.63) is 63.9 Å². The van der Waals surface area contributed by atoms with E-state index in [4.69, 9.17) is 33.2 Å². The average molecular weight is 499 g/mol. The molecule has 178 valence electrons. The number of fused-ring (bicyclic) bond motifs is 5. The quantitative estimate of drug-likeness (QED) is 0.565. The third kappa shape index (κ3) is 4.84. The summed E-state index contributed by atoms with van der Waals surface area (Å²) in [4.78, 5) is 27.7. The maximum absolute atomic E-state index is 13.4. The molecule has 0 aliphatic carbocycles. The van der Waals surface area contributed by atoms with Crippen molar-refractivity contribution in [1.29, 1.82) is 0 Å². The number of piperazine rings is 1. The number of amides is 1. The van der Waals surface area contributed by atoms with Gasteiger partial charge < -0.3 is 10.6 Å².